The summed E-state index contributed by atoms with van der Waals surface area (Å²) >= 11 is 0. The first-order chi connectivity index (χ1) is 10.0. The summed E-state index contributed by atoms with van der Waals surface area (Å²) in [6, 6.07) is 3.28. The lowest BCUT2D eigenvalue weighted by Crippen LogP contribution is -2.08. The molecule has 0 atom stereocenters. The van der Waals surface area contributed by atoms with Crippen LogP contribution in [0.1, 0.15) is 24.2 Å². The van der Waals surface area contributed by atoms with Crippen molar-refractivity contribution in [3.8, 4) is 11.5 Å². The fourth-order valence-electron chi connectivity index (χ4n) is 1.64. The first kappa shape index (κ1) is 16.8. The number of benzene rings is 1. The van der Waals surface area contributed by atoms with Crippen LogP contribution in [-0.4, -0.2) is 51.6 Å². The molecule has 0 radical (unpaired) electrons. The molecule has 116 valence electrons. The maximum absolute atomic E-state index is 11.9. The molecule has 0 heterocycles. The van der Waals surface area contributed by atoms with Gasteiger partial charge >= 0.3 is 5.97 Å². The van der Waals surface area contributed by atoms with Gasteiger partial charge in [-0.15, -0.1) is 0 Å². The minimum Gasteiger partial charge on any atom is -0.490 e. The number of nitrogens with zero attached hydrogens (tertiary/aromatic N) is 2. The second kappa shape index (κ2) is 8.14. The zero-order valence-electron chi connectivity index (χ0n) is 13.2. The number of rotatable bonds is 7. The molecule has 21 heavy (non-hydrogen) atoms. The van der Waals surface area contributed by atoms with Crippen LogP contribution in [0.5, 0.6) is 11.5 Å². The third-order valence-corrected chi connectivity index (χ3v) is 2.49. The maximum Gasteiger partial charge on any atom is 0.340 e. The van der Waals surface area contributed by atoms with Gasteiger partial charge in [0.25, 0.3) is 0 Å². The van der Waals surface area contributed by atoms with Gasteiger partial charge in [0.1, 0.15) is 0 Å². The predicted octanol–water partition coefficient (Wildman–Crippen LogP) is 2.49. The standard InChI is InChI=1S/C15H22N2O4/c1-6-20-13-8-11(15(18)19-5)12(16-10-17(3)4)9-14(13)21-7-2/h8-10H,6-7H2,1-5H3. The van der Waals surface area contributed by atoms with Gasteiger partial charge in [0.2, 0.25) is 0 Å². The van der Waals surface area contributed by atoms with Crippen molar-refractivity contribution in [3.63, 3.8) is 0 Å². The lowest BCUT2D eigenvalue weighted by molar-refractivity contribution is 0.0601. The van der Waals surface area contributed by atoms with Gasteiger partial charge in [0.05, 0.1) is 37.9 Å². The summed E-state index contributed by atoms with van der Waals surface area (Å²) in [5, 5.41) is 0. The lowest BCUT2D eigenvalue weighted by Gasteiger charge is -2.14. The van der Waals surface area contributed by atoms with E-state index >= 15 is 0 Å². The molecule has 0 aliphatic heterocycles. The molecule has 0 unspecified atom stereocenters. The number of ether oxygens (including phenoxy) is 3. The van der Waals surface area contributed by atoms with E-state index in [9.17, 15) is 4.79 Å². The van der Waals surface area contributed by atoms with Crippen LogP contribution in [0, 0.1) is 0 Å². The van der Waals surface area contributed by atoms with Gasteiger partial charge in [-0.05, 0) is 13.8 Å². The Morgan fingerprint density at radius 2 is 1.76 bits per heavy atom. The maximum atomic E-state index is 11.9. The Bertz CT molecular complexity index is 513. The molecule has 0 amide bonds. The van der Waals surface area contributed by atoms with Gasteiger partial charge in [0.15, 0.2) is 11.5 Å². The van der Waals surface area contributed by atoms with E-state index in [-0.39, 0.29) is 0 Å². The second-order valence-electron chi connectivity index (χ2n) is 4.38. The number of aliphatic imine (C=N–C) groups is 1. The molecule has 1 aromatic rings. The predicted molar refractivity (Wildman–Crippen MR) is 82.0 cm³/mol. The van der Waals surface area contributed by atoms with Crippen LogP contribution in [0.15, 0.2) is 17.1 Å². The van der Waals surface area contributed by atoms with Crippen molar-refractivity contribution < 1.29 is 19.0 Å². The first-order valence-corrected chi connectivity index (χ1v) is 6.76. The smallest absolute Gasteiger partial charge is 0.340 e. The van der Waals surface area contributed by atoms with E-state index in [1.807, 2.05) is 27.9 Å². The van der Waals surface area contributed by atoms with E-state index in [1.54, 1.807) is 23.4 Å². The van der Waals surface area contributed by atoms with Gasteiger partial charge < -0.3 is 19.1 Å². The zero-order chi connectivity index (χ0) is 15.8. The quantitative estimate of drug-likeness (QED) is 0.439. The van der Waals surface area contributed by atoms with E-state index in [0.717, 1.165) is 0 Å². The van der Waals surface area contributed by atoms with E-state index in [4.69, 9.17) is 14.2 Å². The molecule has 6 heteroatoms. The minimum absolute atomic E-state index is 0.336. The van der Waals surface area contributed by atoms with Crippen molar-refractivity contribution in [1.29, 1.82) is 0 Å². The van der Waals surface area contributed by atoms with Gasteiger partial charge in [-0.2, -0.15) is 0 Å². The number of hydrogen-bond donors (Lipinski definition) is 0. The van der Waals surface area contributed by atoms with Crippen molar-refractivity contribution in [2.24, 2.45) is 4.99 Å². The molecule has 1 rings (SSSR count). The summed E-state index contributed by atoms with van der Waals surface area (Å²) < 4.78 is 15.8. The molecule has 0 fully saturated rings. The fourth-order valence-corrected chi connectivity index (χ4v) is 1.64. The van der Waals surface area contributed by atoms with Crippen LogP contribution in [0.3, 0.4) is 0 Å². The van der Waals surface area contributed by atoms with Crippen molar-refractivity contribution in [1.82, 2.24) is 4.90 Å². The zero-order valence-corrected chi connectivity index (χ0v) is 13.2. The molecule has 1 aromatic carbocycles. The van der Waals surface area contributed by atoms with Crippen LogP contribution in [0.25, 0.3) is 0 Å². The van der Waals surface area contributed by atoms with Crippen molar-refractivity contribution in [3.05, 3.63) is 17.7 Å². The first-order valence-electron chi connectivity index (χ1n) is 6.76. The number of methoxy groups -OCH3 is 1. The molecular formula is C15H22N2O4. The molecule has 0 spiro atoms. The Hall–Kier alpha value is -2.24. The highest BCUT2D eigenvalue weighted by Gasteiger charge is 2.17. The summed E-state index contributed by atoms with van der Waals surface area (Å²) in [6.45, 7) is 4.72. The van der Waals surface area contributed by atoms with Crippen molar-refractivity contribution >= 4 is 18.0 Å². The highest BCUT2D eigenvalue weighted by atomic mass is 16.5. The summed E-state index contributed by atoms with van der Waals surface area (Å²) in [5.74, 6) is 0.589. The third kappa shape index (κ3) is 4.66. The monoisotopic (exact) mass is 294 g/mol. The average Bonchev–Trinajstić information content (AvgIpc) is 2.46. The molecule has 0 aliphatic carbocycles. The second-order valence-corrected chi connectivity index (χ2v) is 4.38. The summed E-state index contributed by atoms with van der Waals surface area (Å²) in [5.41, 5.74) is 0.810. The normalized spacial score (nSPS) is 10.5. The highest BCUT2D eigenvalue weighted by molar-refractivity contribution is 5.96. The lowest BCUT2D eigenvalue weighted by atomic mass is 10.1. The molecule has 0 aliphatic rings. The van der Waals surface area contributed by atoms with Gasteiger partial charge in [-0.1, -0.05) is 0 Å². The summed E-state index contributed by atoms with van der Waals surface area (Å²) in [4.78, 5) is 18.0. The minimum atomic E-state index is -0.468. The Morgan fingerprint density at radius 1 is 1.19 bits per heavy atom. The Labute approximate surface area is 125 Å². The Morgan fingerprint density at radius 3 is 2.24 bits per heavy atom. The van der Waals surface area contributed by atoms with E-state index in [1.165, 1.54) is 7.11 Å². The number of esters is 1. The summed E-state index contributed by atoms with van der Waals surface area (Å²) in [6.07, 6.45) is 1.61. The van der Waals surface area contributed by atoms with E-state index in [0.29, 0.717) is 36.0 Å². The number of carbonyl (C=O) groups excluding carboxylic acids is 1. The van der Waals surface area contributed by atoms with Gasteiger partial charge in [-0.3, -0.25) is 0 Å². The van der Waals surface area contributed by atoms with Gasteiger partial charge in [-0.25, -0.2) is 9.79 Å². The summed E-state index contributed by atoms with van der Waals surface area (Å²) in [7, 11) is 5.03. The Kier molecular flexibility index (Phi) is 6.52. The van der Waals surface area contributed by atoms with Crippen LogP contribution in [0.4, 0.5) is 5.69 Å². The van der Waals surface area contributed by atoms with Crippen LogP contribution in [0.2, 0.25) is 0 Å². The van der Waals surface area contributed by atoms with Crippen LogP contribution in [-0.2, 0) is 4.74 Å². The highest BCUT2D eigenvalue weighted by Crippen LogP contribution is 2.35. The van der Waals surface area contributed by atoms with E-state index < -0.39 is 5.97 Å². The molecule has 0 saturated carbocycles. The molecular weight excluding hydrogens is 272 g/mol. The average molecular weight is 294 g/mol. The number of hydrogen-bond acceptors (Lipinski definition) is 5. The third-order valence-electron chi connectivity index (χ3n) is 2.49. The number of carbonyl (C=O) groups is 1. The van der Waals surface area contributed by atoms with Crippen LogP contribution < -0.4 is 9.47 Å². The molecule has 6 nitrogen and oxygen atoms in total. The Balaban J connectivity index is 3.36. The fraction of sp³-hybridized carbons (Fsp3) is 0.467. The van der Waals surface area contributed by atoms with E-state index in [2.05, 4.69) is 4.99 Å². The van der Waals surface area contributed by atoms with Gasteiger partial charge in [0, 0.05) is 26.2 Å². The van der Waals surface area contributed by atoms with Crippen LogP contribution >= 0.6 is 0 Å². The molecule has 0 saturated heterocycles. The molecule has 0 N–H and O–H groups in total. The SMILES string of the molecule is CCOc1cc(N=CN(C)C)c(C(=O)OC)cc1OCC. The van der Waals surface area contributed by atoms with Crippen molar-refractivity contribution in [2.75, 3.05) is 34.4 Å². The molecule has 0 bridgehead atoms. The van der Waals surface area contributed by atoms with Crippen molar-refractivity contribution in [2.45, 2.75) is 13.8 Å². The topological polar surface area (TPSA) is 60.4 Å². The molecule has 0 aromatic heterocycles. The largest absolute Gasteiger partial charge is 0.490 e.